The molecule has 0 saturated heterocycles. The molecule has 0 aromatic carbocycles. The van der Waals surface area contributed by atoms with Crippen molar-refractivity contribution < 1.29 is 13.2 Å². The van der Waals surface area contributed by atoms with Gasteiger partial charge in [0.15, 0.2) is 0 Å². The molecule has 0 nitrogen and oxygen atoms in total. The Hall–Kier alpha value is 0.0800. The highest BCUT2D eigenvalue weighted by atomic mass is 35.5. The molecule has 0 radical (unpaired) electrons. The van der Waals surface area contributed by atoms with Crippen LogP contribution in [0.2, 0.25) is 0 Å². The van der Waals surface area contributed by atoms with Crippen LogP contribution in [0.25, 0.3) is 0 Å². The number of hydrogen-bond acceptors (Lipinski definition) is 0. The van der Waals surface area contributed by atoms with Crippen molar-refractivity contribution in [3.05, 3.63) is 0 Å². The molecule has 4 heteroatoms. The van der Waals surface area contributed by atoms with Crippen LogP contribution < -0.4 is 0 Å². The van der Waals surface area contributed by atoms with Crippen LogP contribution in [0.3, 0.4) is 0 Å². The van der Waals surface area contributed by atoms with Crippen molar-refractivity contribution in [2.45, 2.75) is 18.0 Å². The standard InChI is InChI=1S/C8H8ClF3/c9-7-3-1-2-4(5(2)7)6(3)8(10,11)12/h2-7H,1H2/t2-,3+,4?,5?,6-,7-/m0/s1. The van der Waals surface area contributed by atoms with Gasteiger partial charge in [-0.2, -0.15) is 13.2 Å². The number of rotatable bonds is 0. The van der Waals surface area contributed by atoms with Crippen molar-refractivity contribution in [2.75, 3.05) is 0 Å². The third-order valence-corrected chi connectivity index (χ3v) is 4.48. The van der Waals surface area contributed by atoms with Gasteiger partial charge in [0, 0.05) is 5.38 Å². The van der Waals surface area contributed by atoms with Gasteiger partial charge in [-0.3, -0.25) is 0 Å². The predicted octanol–water partition coefficient (Wildman–Crippen LogP) is 2.67. The van der Waals surface area contributed by atoms with Crippen LogP contribution in [0.4, 0.5) is 13.2 Å². The Bertz CT molecular complexity index is 237. The summed E-state index contributed by atoms with van der Waals surface area (Å²) in [6, 6.07) is 0. The van der Waals surface area contributed by atoms with Crippen molar-refractivity contribution in [3.63, 3.8) is 0 Å². The Kier molecular flexibility index (Phi) is 1.12. The third-order valence-electron chi connectivity index (χ3n) is 3.87. The lowest BCUT2D eigenvalue weighted by Gasteiger charge is -2.19. The van der Waals surface area contributed by atoms with Gasteiger partial charge in [-0.05, 0) is 30.1 Å². The minimum Gasteiger partial charge on any atom is -0.171 e. The van der Waals surface area contributed by atoms with Crippen LogP contribution in [0.1, 0.15) is 6.42 Å². The Labute approximate surface area is 73.1 Å². The zero-order valence-corrected chi connectivity index (χ0v) is 6.94. The van der Waals surface area contributed by atoms with Crippen molar-refractivity contribution in [3.8, 4) is 0 Å². The van der Waals surface area contributed by atoms with Gasteiger partial charge in [0.05, 0.1) is 5.92 Å². The zero-order chi connectivity index (χ0) is 8.67. The first-order valence-electron chi connectivity index (χ1n) is 4.22. The van der Waals surface area contributed by atoms with E-state index in [9.17, 15) is 13.2 Å². The largest absolute Gasteiger partial charge is 0.392 e. The summed E-state index contributed by atoms with van der Waals surface area (Å²) in [6.07, 6.45) is -3.27. The molecule has 0 aliphatic heterocycles. The summed E-state index contributed by atoms with van der Waals surface area (Å²) in [5.74, 6) is -0.883. The zero-order valence-electron chi connectivity index (χ0n) is 6.18. The average Bonchev–Trinajstić information content (AvgIpc) is 2.33. The van der Waals surface area contributed by atoms with Gasteiger partial charge < -0.3 is 0 Å². The Morgan fingerprint density at radius 3 is 1.92 bits per heavy atom. The molecule has 4 bridgehead atoms. The van der Waals surface area contributed by atoms with E-state index in [-0.39, 0.29) is 23.1 Å². The van der Waals surface area contributed by atoms with E-state index >= 15 is 0 Å². The molecule has 4 saturated carbocycles. The predicted molar refractivity (Wildman–Crippen MR) is 37.8 cm³/mol. The molecule has 2 unspecified atom stereocenters. The maximum absolute atomic E-state index is 12.4. The molecule has 0 aromatic rings. The SMILES string of the molecule is FC(F)(F)[C@@H]1C2C3[C@H]2C[C@H]1[C@@H]3Cl. The van der Waals surface area contributed by atoms with Crippen LogP contribution in [0.15, 0.2) is 0 Å². The fourth-order valence-electron chi connectivity index (χ4n) is 3.52. The fourth-order valence-corrected chi connectivity index (χ4v) is 4.13. The fraction of sp³-hybridized carbons (Fsp3) is 1.00. The van der Waals surface area contributed by atoms with Crippen LogP contribution >= 0.6 is 11.6 Å². The molecule has 4 aliphatic carbocycles. The van der Waals surface area contributed by atoms with Crippen molar-refractivity contribution in [1.29, 1.82) is 0 Å². The maximum atomic E-state index is 12.4. The number of hydrogen-bond donors (Lipinski definition) is 0. The highest BCUT2D eigenvalue weighted by Crippen LogP contribution is 2.77. The first-order chi connectivity index (χ1) is 5.52. The lowest BCUT2D eigenvalue weighted by Crippen LogP contribution is -2.27. The molecule has 4 fully saturated rings. The van der Waals surface area contributed by atoms with Gasteiger partial charge in [-0.15, -0.1) is 11.6 Å². The third kappa shape index (κ3) is 0.638. The summed E-state index contributed by atoms with van der Waals surface area (Å²) in [5.41, 5.74) is 0. The molecule has 4 aliphatic rings. The monoisotopic (exact) mass is 196 g/mol. The van der Waals surface area contributed by atoms with Crippen LogP contribution in [0, 0.1) is 29.6 Å². The molecule has 0 aromatic heterocycles. The summed E-state index contributed by atoms with van der Waals surface area (Å²) in [6.45, 7) is 0. The number of alkyl halides is 4. The van der Waals surface area contributed by atoms with E-state index in [4.69, 9.17) is 11.6 Å². The summed E-state index contributed by atoms with van der Waals surface area (Å²) in [5, 5.41) is -0.174. The van der Waals surface area contributed by atoms with Gasteiger partial charge >= 0.3 is 6.18 Å². The van der Waals surface area contributed by atoms with E-state index in [1.165, 1.54) is 0 Å². The summed E-state index contributed by atoms with van der Waals surface area (Å²) in [4.78, 5) is 0. The van der Waals surface area contributed by atoms with E-state index in [0.29, 0.717) is 5.92 Å². The van der Waals surface area contributed by atoms with Crippen LogP contribution in [-0.4, -0.2) is 11.6 Å². The van der Waals surface area contributed by atoms with E-state index in [0.717, 1.165) is 6.42 Å². The Balaban J connectivity index is 1.94. The molecular formula is C8H8ClF3. The van der Waals surface area contributed by atoms with Crippen molar-refractivity contribution >= 4 is 11.6 Å². The molecular weight excluding hydrogens is 189 g/mol. The van der Waals surface area contributed by atoms with Gasteiger partial charge in [-0.1, -0.05) is 0 Å². The maximum Gasteiger partial charge on any atom is 0.392 e. The van der Waals surface area contributed by atoms with E-state index in [1.54, 1.807) is 0 Å². The number of halogens is 4. The minimum atomic E-state index is -4.00. The highest BCUT2D eigenvalue weighted by Gasteiger charge is 2.78. The lowest BCUT2D eigenvalue weighted by atomic mass is 9.98. The summed E-state index contributed by atoms with van der Waals surface area (Å²) >= 11 is 5.90. The lowest BCUT2D eigenvalue weighted by molar-refractivity contribution is -0.184. The first kappa shape index (κ1) is 7.48. The minimum absolute atomic E-state index is 0.0995. The van der Waals surface area contributed by atoms with Crippen LogP contribution in [-0.2, 0) is 0 Å². The normalized spacial score (nSPS) is 61.0. The summed E-state index contributed by atoms with van der Waals surface area (Å²) in [7, 11) is 0. The second kappa shape index (κ2) is 1.79. The molecule has 4 rings (SSSR count). The van der Waals surface area contributed by atoms with E-state index in [1.807, 2.05) is 0 Å². The smallest absolute Gasteiger partial charge is 0.171 e. The Morgan fingerprint density at radius 2 is 1.75 bits per heavy atom. The van der Waals surface area contributed by atoms with E-state index < -0.39 is 12.1 Å². The second-order valence-electron chi connectivity index (χ2n) is 4.23. The first-order valence-corrected chi connectivity index (χ1v) is 4.66. The molecule has 68 valence electrons. The Morgan fingerprint density at radius 1 is 1.08 bits per heavy atom. The molecule has 0 heterocycles. The van der Waals surface area contributed by atoms with Crippen molar-refractivity contribution in [2.24, 2.45) is 29.6 Å². The molecule has 0 N–H and O–H groups in total. The molecule has 12 heavy (non-hydrogen) atoms. The van der Waals surface area contributed by atoms with Gasteiger partial charge in [0.25, 0.3) is 0 Å². The van der Waals surface area contributed by atoms with Crippen LogP contribution in [0.5, 0.6) is 0 Å². The molecule has 0 spiro atoms. The van der Waals surface area contributed by atoms with Crippen molar-refractivity contribution in [1.82, 2.24) is 0 Å². The molecule has 6 atom stereocenters. The van der Waals surface area contributed by atoms with Gasteiger partial charge in [-0.25, -0.2) is 0 Å². The molecule has 0 amide bonds. The quantitative estimate of drug-likeness (QED) is 0.523. The highest BCUT2D eigenvalue weighted by molar-refractivity contribution is 6.21. The second-order valence-corrected chi connectivity index (χ2v) is 4.73. The summed E-state index contributed by atoms with van der Waals surface area (Å²) < 4.78 is 37.3. The average molecular weight is 197 g/mol. The topological polar surface area (TPSA) is 0 Å². The van der Waals surface area contributed by atoms with E-state index in [2.05, 4.69) is 0 Å². The van der Waals surface area contributed by atoms with Gasteiger partial charge in [0.2, 0.25) is 0 Å². The van der Waals surface area contributed by atoms with Gasteiger partial charge in [0.1, 0.15) is 0 Å².